The number of hydrogen-bond acceptors (Lipinski definition) is 4. The molecule has 2 aromatic carbocycles. The molecule has 40 heavy (non-hydrogen) atoms. The maximum Gasteiger partial charge on any atom is 0.343 e. The highest BCUT2D eigenvalue weighted by Crippen LogP contribution is 2.34. The molecule has 0 aromatic heterocycles. The topological polar surface area (TPSA) is 59.3 Å². The van der Waals surface area contributed by atoms with E-state index in [1.807, 2.05) is 12.1 Å². The van der Waals surface area contributed by atoms with Crippen LogP contribution >= 0.6 is 0 Å². The number of nitriles is 1. The first-order valence-electron chi connectivity index (χ1n) is 16.1. The number of ether oxygens (including phenoxy) is 2. The van der Waals surface area contributed by atoms with Gasteiger partial charge < -0.3 is 9.47 Å². The van der Waals surface area contributed by atoms with Crippen LogP contribution < -0.4 is 9.47 Å². The van der Waals surface area contributed by atoms with Gasteiger partial charge in [-0.1, -0.05) is 110 Å². The van der Waals surface area contributed by atoms with E-state index in [2.05, 4.69) is 19.9 Å². The van der Waals surface area contributed by atoms with Crippen LogP contribution in [-0.2, 0) is 6.42 Å². The number of nitrogens with zero attached hydrogens (tertiary/aromatic N) is 1. The van der Waals surface area contributed by atoms with E-state index < -0.39 is 5.97 Å². The van der Waals surface area contributed by atoms with Gasteiger partial charge in [-0.15, -0.1) is 0 Å². The molecule has 1 aliphatic rings. The van der Waals surface area contributed by atoms with Gasteiger partial charge in [-0.2, -0.15) is 5.26 Å². The summed E-state index contributed by atoms with van der Waals surface area (Å²) in [6.45, 7) is 5.17. The average molecular weight is 546 g/mol. The standard InChI is InChI=1S/C36H51NO3/c1-3-5-7-9-11-13-29-14-16-30(17-15-29)18-19-31-20-25-35(33(27-31)28-37)40-36(38)32-21-23-34(24-22-32)39-26-12-10-8-6-4-2/h20-25,27,29-30H,3-19,26H2,1-2H3. The first-order chi connectivity index (χ1) is 19.6. The molecule has 0 spiro atoms. The van der Waals surface area contributed by atoms with Crippen molar-refractivity contribution in [2.75, 3.05) is 6.61 Å². The van der Waals surface area contributed by atoms with E-state index in [1.54, 1.807) is 30.3 Å². The van der Waals surface area contributed by atoms with E-state index in [0.717, 1.165) is 36.0 Å². The highest BCUT2D eigenvalue weighted by Gasteiger charge is 2.21. The Labute approximate surface area is 243 Å². The molecule has 218 valence electrons. The third kappa shape index (κ3) is 11.4. The van der Waals surface area contributed by atoms with Crippen LogP contribution in [0, 0.1) is 23.2 Å². The van der Waals surface area contributed by atoms with Gasteiger partial charge in [0.05, 0.1) is 17.7 Å². The van der Waals surface area contributed by atoms with Crippen LogP contribution in [0.1, 0.15) is 138 Å². The molecule has 1 fully saturated rings. The number of carbonyl (C=O) groups excluding carboxylic acids is 1. The minimum absolute atomic E-state index is 0.322. The Morgan fingerprint density at radius 3 is 2.08 bits per heavy atom. The summed E-state index contributed by atoms with van der Waals surface area (Å²) in [6, 6.07) is 14.9. The van der Waals surface area contributed by atoms with Crippen molar-refractivity contribution < 1.29 is 14.3 Å². The Morgan fingerprint density at radius 2 is 1.43 bits per heavy atom. The number of esters is 1. The van der Waals surface area contributed by atoms with Crippen LogP contribution in [0.3, 0.4) is 0 Å². The summed E-state index contributed by atoms with van der Waals surface area (Å²) >= 11 is 0. The molecule has 0 atom stereocenters. The molecular formula is C36H51NO3. The van der Waals surface area contributed by atoms with Crippen molar-refractivity contribution in [3.05, 3.63) is 59.2 Å². The molecule has 0 radical (unpaired) electrons. The van der Waals surface area contributed by atoms with E-state index in [1.165, 1.54) is 96.3 Å². The van der Waals surface area contributed by atoms with Crippen molar-refractivity contribution in [1.82, 2.24) is 0 Å². The predicted molar refractivity (Wildman–Crippen MR) is 164 cm³/mol. The van der Waals surface area contributed by atoms with Crippen molar-refractivity contribution in [3.8, 4) is 17.6 Å². The molecule has 0 amide bonds. The molecular weight excluding hydrogens is 494 g/mol. The summed E-state index contributed by atoms with van der Waals surface area (Å²) in [6.07, 6.45) is 21.9. The summed E-state index contributed by atoms with van der Waals surface area (Å²) in [4.78, 5) is 12.7. The molecule has 0 saturated heterocycles. The van der Waals surface area contributed by atoms with Crippen molar-refractivity contribution in [1.29, 1.82) is 5.26 Å². The second kappa shape index (κ2) is 18.5. The SMILES string of the molecule is CCCCCCCOc1ccc(C(=O)Oc2ccc(CCC3CCC(CCCCCCC)CC3)cc2C#N)cc1. The summed E-state index contributed by atoms with van der Waals surface area (Å²) in [7, 11) is 0. The summed E-state index contributed by atoms with van der Waals surface area (Å²) < 4.78 is 11.4. The molecule has 0 bridgehead atoms. The Kier molecular flexibility index (Phi) is 14.7. The molecule has 0 aliphatic heterocycles. The Balaban J connectivity index is 1.40. The monoisotopic (exact) mass is 545 g/mol. The van der Waals surface area contributed by atoms with E-state index in [-0.39, 0.29) is 0 Å². The highest BCUT2D eigenvalue weighted by molar-refractivity contribution is 5.91. The lowest BCUT2D eigenvalue weighted by atomic mass is 9.77. The molecule has 2 aromatic rings. The third-order valence-corrected chi connectivity index (χ3v) is 8.50. The molecule has 1 aliphatic carbocycles. The van der Waals surface area contributed by atoms with Crippen molar-refractivity contribution in [2.24, 2.45) is 11.8 Å². The zero-order valence-electron chi connectivity index (χ0n) is 25.1. The van der Waals surface area contributed by atoms with Crippen LogP contribution in [0.25, 0.3) is 0 Å². The molecule has 4 heteroatoms. The van der Waals surface area contributed by atoms with Gasteiger partial charge in [0, 0.05) is 0 Å². The first kappa shape index (κ1) is 31.7. The van der Waals surface area contributed by atoms with E-state index in [4.69, 9.17) is 9.47 Å². The van der Waals surface area contributed by atoms with Crippen LogP contribution in [0.5, 0.6) is 11.5 Å². The lowest BCUT2D eigenvalue weighted by Gasteiger charge is -2.28. The maximum atomic E-state index is 12.7. The Hall–Kier alpha value is -2.80. The van der Waals surface area contributed by atoms with Crippen molar-refractivity contribution in [3.63, 3.8) is 0 Å². The summed E-state index contributed by atoms with van der Waals surface area (Å²) in [5.41, 5.74) is 2.01. The largest absolute Gasteiger partial charge is 0.494 e. The normalized spacial score (nSPS) is 16.8. The number of aryl methyl sites for hydroxylation is 1. The fraction of sp³-hybridized carbons (Fsp3) is 0.611. The van der Waals surface area contributed by atoms with E-state index in [0.29, 0.717) is 23.5 Å². The fourth-order valence-electron chi connectivity index (χ4n) is 5.87. The zero-order chi connectivity index (χ0) is 28.4. The number of benzene rings is 2. The van der Waals surface area contributed by atoms with E-state index in [9.17, 15) is 10.1 Å². The van der Waals surface area contributed by atoms with Crippen LogP contribution in [0.4, 0.5) is 0 Å². The van der Waals surface area contributed by atoms with Gasteiger partial charge in [-0.05, 0) is 73.1 Å². The van der Waals surface area contributed by atoms with Gasteiger partial charge in [-0.3, -0.25) is 0 Å². The lowest BCUT2D eigenvalue weighted by molar-refractivity contribution is 0.0734. The molecule has 1 saturated carbocycles. The fourth-order valence-corrected chi connectivity index (χ4v) is 5.87. The van der Waals surface area contributed by atoms with Gasteiger partial charge in [0.1, 0.15) is 17.6 Å². The smallest absolute Gasteiger partial charge is 0.343 e. The zero-order valence-corrected chi connectivity index (χ0v) is 25.1. The number of unbranched alkanes of at least 4 members (excludes halogenated alkanes) is 8. The number of hydrogen-bond donors (Lipinski definition) is 0. The van der Waals surface area contributed by atoms with E-state index >= 15 is 0 Å². The quantitative estimate of drug-likeness (QED) is 0.106. The number of rotatable bonds is 18. The molecule has 4 nitrogen and oxygen atoms in total. The minimum Gasteiger partial charge on any atom is -0.494 e. The maximum absolute atomic E-state index is 12.7. The Morgan fingerprint density at radius 1 is 0.800 bits per heavy atom. The predicted octanol–water partition coefficient (Wildman–Crippen LogP) is 10.2. The van der Waals surface area contributed by atoms with Gasteiger partial charge in [0.15, 0.2) is 0 Å². The van der Waals surface area contributed by atoms with Gasteiger partial charge in [0.25, 0.3) is 0 Å². The molecule has 0 heterocycles. The summed E-state index contributed by atoms with van der Waals surface area (Å²) in [5, 5.41) is 9.72. The highest BCUT2D eigenvalue weighted by atomic mass is 16.5. The molecule has 0 unspecified atom stereocenters. The second-order valence-electron chi connectivity index (χ2n) is 11.7. The van der Waals surface area contributed by atoms with Crippen molar-refractivity contribution in [2.45, 2.75) is 123 Å². The Bertz CT molecular complexity index is 1030. The van der Waals surface area contributed by atoms with Gasteiger partial charge in [-0.25, -0.2) is 4.79 Å². The van der Waals surface area contributed by atoms with Crippen LogP contribution in [-0.4, -0.2) is 12.6 Å². The van der Waals surface area contributed by atoms with Crippen LogP contribution in [0.2, 0.25) is 0 Å². The summed E-state index contributed by atoms with van der Waals surface area (Å²) in [5.74, 6) is 2.33. The molecule has 3 rings (SSSR count). The van der Waals surface area contributed by atoms with Gasteiger partial charge >= 0.3 is 5.97 Å². The third-order valence-electron chi connectivity index (χ3n) is 8.50. The lowest BCUT2D eigenvalue weighted by Crippen LogP contribution is -2.15. The molecule has 0 N–H and O–H groups in total. The van der Waals surface area contributed by atoms with Crippen LogP contribution in [0.15, 0.2) is 42.5 Å². The minimum atomic E-state index is -0.461. The second-order valence-corrected chi connectivity index (χ2v) is 11.7. The first-order valence-corrected chi connectivity index (χ1v) is 16.1. The number of carbonyl (C=O) groups is 1. The van der Waals surface area contributed by atoms with Gasteiger partial charge in [0.2, 0.25) is 0 Å². The average Bonchev–Trinajstić information content (AvgIpc) is 2.99. The van der Waals surface area contributed by atoms with Crippen molar-refractivity contribution >= 4 is 5.97 Å².